The van der Waals surface area contributed by atoms with Crippen LogP contribution in [-0.2, 0) is 20.4 Å². The summed E-state index contributed by atoms with van der Waals surface area (Å²) < 4.78 is 31.5. The highest BCUT2D eigenvalue weighted by Crippen LogP contribution is 2.26. The number of hydrogen-bond acceptors (Lipinski definition) is 5. The summed E-state index contributed by atoms with van der Waals surface area (Å²) in [4.78, 5) is 8.72. The number of benzene rings is 1. The van der Waals surface area contributed by atoms with Gasteiger partial charge in [0.1, 0.15) is 11.5 Å². The van der Waals surface area contributed by atoms with Gasteiger partial charge in [-0.2, -0.15) is 0 Å². The predicted octanol–water partition coefficient (Wildman–Crippen LogP) is 3.28. The summed E-state index contributed by atoms with van der Waals surface area (Å²) in [6.07, 6.45) is 0. The van der Waals surface area contributed by atoms with Crippen LogP contribution in [0.4, 0.5) is 0 Å². The minimum atomic E-state index is -2.95. The molecule has 1 unspecified atom stereocenters. The van der Waals surface area contributed by atoms with Gasteiger partial charge in [-0.3, -0.25) is 4.57 Å². The van der Waals surface area contributed by atoms with Crippen molar-refractivity contribution in [2.24, 2.45) is 0 Å². The molecule has 126 valence electrons. The third-order valence-electron chi connectivity index (χ3n) is 2.84. The molecule has 0 aliphatic carbocycles. The molecule has 1 aromatic carbocycles. The topological polar surface area (TPSA) is 74.2 Å². The fourth-order valence-electron chi connectivity index (χ4n) is 1.61. The van der Waals surface area contributed by atoms with Crippen molar-refractivity contribution in [3.8, 4) is 11.5 Å². The van der Waals surface area contributed by atoms with Crippen molar-refractivity contribution in [2.45, 2.75) is 32.3 Å². The molecule has 0 fully saturated rings. The van der Waals surface area contributed by atoms with Crippen molar-refractivity contribution in [2.75, 3.05) is 20.5 Å². The summed E-state index contributed by atoms with van der Waals surface area (Å²) in [6.45, 7) is 7.74. The van der Waals surface area contributed by atoms with Crippen molar-refractivity contribution in [1.82, 2.24) is 0 Å². The minimum absolute atomic E-state index is 0.0261. The Hall–Kier alpha value is -0.853. The third kappa shape index (κ3) is 8.56. The summed E-state index contributed by atoms with van der Waals surface area (Å²) >= 11 is 0. The Kier molecular flexibility index (Phi) is 8.13. The van der Waals surface area contributed by atoms with Crippen LogP contribution in [0.2, 0.25) is 25.7 Å². The lowest BCUT2D eigenvalue weighted by Gasteiger charge is -2.16. The van der Waals surface area contributed by atoms with E-state index in [1.165, 1.54) is 0 Å². The van der Waals surface area contributed by atoms with Crippen LogP contribution in [0.15, 0.2) is 18.2 Å². The molecule has 0 heterocycles. The molecule has 0 amide bonds. The van der Waals surface area contributed by atoms with E-state index in [1.54, 1.807) is 25.3 Å². The van der Waals surface area contributed by atoms with Gasteiger partial charge in [-0.25, -0.2) is 0 Å². The van der Waals surface area contributed by atoms with E-state index in [0.717, 1.165) is 6.04 Å². The maximum Gasteiger partial charge on any atom is 0.316 e. The van der Waals surface area contributed by atoms with E-state index < -0.39 is 16.3 Å². The van der Waals surface area contributed by atoms with Crippen LogP contribution in [0.3, 0.4) is 0 Å². The molecule has 0 saturated carbocycles. The summed E-state index contributed by atoms with van der Waals surface area (Å²) in [7, 11) is -2.51. The highest BCUT2D eigenvalue weighted by atomic mass is 31.1. The Morgan fingerprint density at radius 1 is 1.18 bits per heavy atom. The summed E-state index contributed by atoms with van der Waals surface area (Å²) in [5.74, 6) is 1.17. The van der Waals surface area contributed by atoms with E-state index in [4.69, 9.17) is 23.6 Å². The fourth-order valence-corrected chi connectivity index (χ4v) is 2.65. The smallest absolute Gasteiger partial charge is 0.316 e. The van der Waals surface area contributed by atoms with Crippen molar-refractivity contribution in [3.05, 3.63) is 23.8 Å². The molecule has 1 N–H and O–H groups in total. The Morgan fingerprint density at radius 2 is 1.86 bits per heavy atom. The van der Waals surface area contributed by atoms with Crippen molar-refractivity contribution >= 4 is 16.3 Å². The van der Waals surface area contributed by atoms with Crippen LogP contribution in [0, 0.1) is 0 Å². The van der Waals surface area contributed by atoms with E-state index in [2.05, 4.69) is 19.6 Å². The van der Waals surface area contributed by atoms with E-state index in [9.17, 15) is 4.57 Å². The van der Waals surface area contributed by atoms with Crippen LogP contribution < -0.4 is 9.47 Å². The van der Waals surface area contributed by atoms with Crippen molar-refractivity contribution in [1.29, 1.82) is 0 Å². The second-order valence-corrected chi connectivity index (χ2v) is 12.5. The van der Waals surface area contributed by atoms with Crippen LogP contribution >= 0.6 is 8.25 Å². The fraction of sp³-hybridized carbons (Fsp3) is 0.571. The predicted molar refractivity (Wildman–Crippen MR) is 88.6 cm³/mol. The molecule has 6 nitrogen and oxygen atoms in total. The maximum absolute atomic E-state index is 10.6. The standard InChI is InChI=1S/C14H25O6PSi/c1-17-13-7-12(10-20-21(15)16)8-14(9-13)19-11-18-5-6-22(2,3)4/h7-9,21H,5-6,10-11H2,1-4H3,(H,15,16). The molecular formula is C14H25O6PSi. The molecule has 1 rings (SSSR count). The van der Waals surface area contributed by atoms with Gasteiger partial charge in [0, 0.05) is 20.7 Å². The number of rotatable bonds is 10. The Morgan fingerprint density at radius 3 is 2.45 bits per heavy atom. The zero-order valence-corrected chi connectivity index (χ0v) is 15.5. The van der Waals surface area contributed by atoms with Gasteiger partial charge in [0.2, 0.25) is 0 Å². The van der Waals surface area contributed by atoms with Gasteiger partial charge >= 0.3 is 8.25 Å². The zero-order chi connectivity index (χ0) is 16.6. The molecule has 8 heteroatoms. The van der Waals surface area contributed by atoms with Gasteiger partial charge in [0.15, 0.2) is 6.79 Å². The van der Waals surface area contributed by atoms with Crippen molar-refractivity contribution < 1.29 is 28.2 Å². The van der Waals surface area contributed by atoms with Gasteiger partial charge < -0.3 is 23.6 Å². The third-order valence-corrected chi connectivity index (χ3v) is 4.94. The molecule has 22 heavy (non-hydrogen) atoms. The van der Waals surface area contributed by atoms with Crippen LogP contribution in [-0.4, -0.2) is 33.5 Å². The average Bonchev–Trinajstić information content (AvgIpc) is 2.43. The largest absolute Gasteiger partial charge is 0.497 e. The minimum Gasteiger partial charge on any atom is -0.497 e. The second kappa shape index (κ2) is 9.32. The maximum atomic E-state index is 10.6. The van der Waals surface area contributed by atoms with Crippen LogP contribution in [0.1, 0.15) is 5.56 Å². The number of ether oxygens (including phenoxy) is 3. The van der Waals surface area contributed by atoms with Gasteiger partial charge in [-0.05, 0) is 23.7 Å². The quantitative estimate of drug-likeness (QED) is 0.303. The molecule has 1 aromatic rings. The van der Waals surface area contributed by atoms with E-state index in [0.29, 0.717) is 23.7 Å². The molecule has 0 aliphatic rings. The normalized spacial score (nSPS) is 13.0. The Bertz CT molecular complexity index is 489. The Labute approximate surface area is 133 Å². The van der Waals surface area contributed by atoms with E-state index in [-0.39, 0.29) is 13.4 Å². The highest BCUT2D eigenvalue weighted by molar-refractivity contribution is 7.32. The first-order chi connectivity index (χ1) is 10.3. The molecule has 0 spiro atoms. The molecule has 0 radical (unpaired) electrons. The van der Waals surface area contributed by atoms with Gasteiger partial charge in [-0.15, -0.1) is 0 Å². The van der Waals surface area contributed by atoms with Gasteiger partial charge in [0.05, 0.1) is 13.7 Å². The summed E-state index contributed by atoms with van der Waals surface area (Å²) in [5.41, 5.74) is 0.698. The van der Waals surface area contributed by atoms with Gasteiger partial charge in [-0.1, -0.05) is 19.6 Å². The second-order valence-electron chi connectivity index (χ2n) is 6.05. The highest BCUT2D eigenvalue weighted by Gasteiger charge is 2.12. The lowest BCUT2D eigenvalue weighted by Crippen LogP contribution is -2.22. The van der Waals surface area contributed by atoms with E-state index in [1.807, 2.05) is 0 Å². The lowest BCUT2D eigenvalue weighted by molar-refractivity contribution is 0.0218. The molecule has 0 saturated heterocycles. The molecule has 0 aliphatic heterocycles. The molecular weight excluding hydrogens is 323 g/mol. The first-order valence-electron chi connectivity index (χ1n) is 7.04. The van der Waals surface area contributed by atoms with E-state index >= 15 is 0 Å². The average molecular weight is 348 g/mol. The number of methoxy groups -OCH3 is 1. The zero-order valence-electron chi connectivity index (χ0n) is 13.5. The first kappa shape index (κ1) is 19.2. The van der Waals surface area contributed by atoms with Crippen LogP contribution in [0.25, 0.3) is 0 Å². The van der Waals surface area contributed by atoms with Crippen LogP contribution in [0.5, 0.6) is 11.5 Å². The number of hydrogen-bond donors (Lipinski definition) is 1. The van der Waals surface area contributed by atoms with Crippen molar-refractivity contribution in [3.63, 3.8) is 0 Å². The molecule has 0 bridgehead atoms. The first-order valence-corrected chi connectivity index (χ1v) is 12.0. The van der Waals surface area contributed by atoms with Gasteiger partial charge in [0.25, 0.3) is 0 Å². The summed E-state index contributed by atoms with van der Waals surface area (Å²) in [6, 6.07) is 6.27. The SMILES string of the molecule is COc1cc(CO[PH](=O)O)cc(OCOCC[Si](C)(C)C)c1. The monoisotopic (exact) mass is 348 g/mol. The molecule has 1 atom stereocenters. The summed E-state index contributed by atoms with van der Waals surface area (Å²) in [5, 5.41) is 0. The molecule has 0 aromatic heterocycles. The Balaban J connectivity index is 2.51. The lowest BCUT2D eigenvalue weighted by atomic mass is 10.2.